The molecule has 0 radical (unpaired) electrons. The van der Waals surface area contributed by atoms with Crippen LogP contribution in [0.2, 0.25) is 0 Å². The van der Waals surface area contributed by atoms with Crippen LogP contribution in [-0.2, 0) is 38.0 Å². The summed E-state index contributed by atoms with van der Waals surface area (Å²) in [5.74, 6) is -1.82. The van der Waals surface area contributed by atoms with Gasteiger partial charge in [0.15, 0.2) is 12.6 Å². The molecule has 3 saturated carbocycles. The van der Waals surface area contributed by atoms with Crippen LogP contribution in [0.4, 0.5) is 0 Å². The Kier molecular flexibility index (Phi) is 12.3. The topological polar surface area (TPSA) is 220 Å². The highest BCUT2D eigenvalue weighted by molar-refractivity contribution is 5.89. The minimum atomic E-state index is -1.67. The summed E-state index contributed by atoms with van der Waals surface area (Å²) in [5.41, 5.74) is -3.46. The Morgan fingerprint density at radius 3 is 2.36 bits per heavy atom. The summed E-state index contributed by atoms with van der Waals surface area (Å²) < 4.78 is 42.4. The zero-order chi connectivity index (χ0) is 41.9. The number of methoxy groups -OCH3 is 1. The average molecular weight is 819 g/mol. The van der Waals surface area contributed by atoms with E-state index in [-0.39, 0.29) is 25.4 Å². The minimum absolute atomic E-state index is 0.190. The van der Waals surface area contributed by atoms with Gasteiger partial charge in [0.25, 0.3) is 0 Å². The summed E-state index contributed by atoms with van der Waals surface area (Å²) >= 11 is 0. The molecule has 15 heteroatoms. The molecule has 0 bridgehead atoms. The van der Waals surface area contributed by atoms with Crippen molar-refractivity contribution in [2.24, 2.45) is 22.7 Å². The number of ether oxygens (including phenoxy) is 7. The van der Waals surface area contributed by atoms with E-state index in [1.54, 1.807) is 38.1 Å². The summed E-state index contributed by atoms with van der Waals surface area (Å²) in [6.07, 6.45) is -6.00. The van der Waals surface area contributed by atoms with Gasteiger partial charge in [0, 0.05) is 37.7 Å². The van der Waals surface area contributed by atoms with Crippen LogP contribution in [0.15, 0.2) is 42.0 Å². The second kappa shape index (κ2) is 16.4. The van der Waals surface area contributed by atoms with Crippen molar-refractivity contribution in [3.05, 3.63) is 47.5 Å². The molecule has 6 aliphatic rings. The second-order valence-electron chi connectivity index (χ2n) is 18.0. The molecule has 18 unspecified atom stereocenters. The first-order valence-electron chi connectivity index (χ1n) is 20.8. The van der Waals surface area contributed by atoms with Crippen molar-refractivity contribution in [2.75, 3.05) is 13.7 Å². The highest BCUT2D eigenvalue weighted by atomic mass is 16.7. The molecule has 6 N–H and O–H groups in total. The molecular weight excluding hydrogens is 756 g/mol. The number of aliphatic hydroxyl groups is 6. The van der Waals surface area contributed by atoms with E-state index < -0.39 is 120 Å². The number of aliphatic hydroxyl groups excluding tert-OH is 4. The van der Waals surface area contributed by atoms with E-state index in [4.69, 9.17) is 33.2 Å². The molecule has 5 fully saturated rings. The first kappa shape index (κ1) is 43.5. The van der Waals surface area contributed by atoms with Gasteiger partial charge in [-0.15, -0.1) is 0 Å². The van der Waals surface area contributed by atoms with Crippen molar-refractivity contribution in [3.63, 3.8) is 0 Å². The molecular formula is C43H62O15. The molecule has 58 heavy (non-hydrogen) atoms. The Bertz CT molecular complexity index is 1670. The number of esters is 2. The van der Waals surface area contributed by atoms with Gasteiger partial charge in [-0.3, -0.25) is 4.79 Å². The molecule has 0 aromatic heterocycles. The van der Waals surface area contributed by atoms with Crippen molar-refractivity contribution >= 4 is 11.9 Å². The largest absolute Gasteiger partial charge is 0.463 e. The van der Waals surface area contributed by atoms with Gasteiger partial charge < -0.3 is 63.8 Å². The van der Waals surface area contributed by atoms with Crippen molar-refractivity contribution in [3.8, 4) is 0 Å². The number of benzene rings is 1. The third-order valence-corrected chi connectivity index (χ3v) is 15.1. The molecule has 2 saturated heterocycles. The lowest BCUT2D eigenvalue weighted by Gasteiger charge is -2.66. The van der Waals surface area contributed by atoms with Gasteiger partial charge in [-0.25, -0.2) is 4.79 Å². The van der Waals surface area contributed by atoms with Gasteiger partial charge in [-0.2, -0.15) is 0 Å². The van der Waals surface area contributed by atoms with Crippen molar-refractivity contribution in [1.82, 2.24) is 0 Å². The van der Waals surface area contributed by atoms with Crippen LogP contribution < -0.4 is 0 Å². The quantitative estimate of drug-likeness (QED) is 0.147. The van der Waals surface area contributed by atoms with Crippen LogP contribution in [0, 0.1) is 22.7 Å². The fourth-order valence-electron chi connectivity index (χ4n) is 11.9. The van der Waals surface area contributed by atoms with E-state index in [1.165, 1.54) is 14.0 Å². The maximum absolute atomic E-state index is 13.7. The molecule has 2 aliphatic heterocycles. The minimum Gasteiger partial charge on any atom is -0.463 e. The van der Waals surface area contributed by atoms with E-state index in [0.717, 1.165) is 5.57 Å². The maximum atomic E-state index is 13.7. The summed E-state index contributed by atoms with van der Waals surface area (Å²) in [6, 6.07) is 8.72. The van der Waals surface area contributed by atoms with Crippen LogP contribution in [0.1, 0.15) is 96.3 Å². The zero-order valence-corrected chi connectivity index (χ0v) is 34.3. The van der Waals surface area contributed by atoms with E-state index >= 15 is 0 Å². The van der Waals surface area contributed by atoms with E-state index in [9.17, 15) is 40.2 Å². The number of hydrogen-bond donors (Lipinski definition) is 6. The Morgan fingerprint density at radius 1 is 0.966 bits per heavy atom. The van der Waals surface area contributed by atoms with Gasteiger partial charge in [0.05, 0.1) is 30.5 Å². The summed E-state index contributed by atoms with van der Waals surface area (Å²) in [7, 11) is 1.53. The normalized spacial score (nSPS) is 46.8. The predicted octanol–water partition coefficient (Wildman–Crippen LogP) is 2.30. The van der Waals surface area contributed by atoms with Gasteiger partial charge >= 0.3 is 11.9 Å². The number of hydrogen-bond acceptors (Lipinski definition) is 15. The lowest BCUT2D eigenvalue weighted by atomic mass is 9.42. The van der Waals surface area contributed by atoms with Crippen LogP contribution in [-0.4, -0.2) is 141 Å². The molecule has 18 atom stereocenters. The zero-order valence-electron chi connectivity index (χ0n) is 34.3. The number of fused-ring (bicyclic) bond motifs is 5. The van der Waals surface area contributed by atoms with E-state index in [2.05, 4.69) is 13.0 Å². The van der Waals surface area contributed by atoms with Gasteiger partial charge in [-0.05, 0) is 76.3 Å². The SMILES string of the molecule is COC1CC(OC2CCC3(C)C(=CCC4(O)C3CC(OC(=O)c3ccccc3)C3(C)C(C(C)OC(C)=O)CCC43O)C2)OC(C)C1OC1OC(CO)C(O)C(O)C1O. The first-order valence-corrected chi connectivity index (χ1v) is 20.8. The van der Waals surface area contributed by atoms with Crippen molar-refractivity contribution < 1.29 is 73.4 Å². The smallest absolute Gasteiger partial charge is 0.338 e. The standard InChI is InChI=1S/C43H62O15/c1-22(53-24(3)45)28-14-17-43(51)41(28,5)32(57-38(49)25-10-8-7-9-11-25)20-31-40(4)15-13-27(18-26(40)12-16-42(31,43)50)55-33-19-29(52-6)37(23(2)54-33)58-39-36(48)35(47)34(46)30(21-44)56-39/h7-12,22-23,27-37,39,44,46-48,50-51H,13-21H2,1-6H3. The summed E-state index contributed by atoms with van der Waals surface area (Å²) in [5, 5.41) is 66.7. The third-order valence-electron chi connectivity index (χ3n) is 15.1. The Hall–Kier alpha value is -2.54. The Balaban J connectivity index is 1.09. The van der Waals surface area contributed by atoms with Crippen molar-refractivity contribution in [2.45, 2.75) is 171 Å². The molecule has 4 aliphatic carbocycles. The van der Waals surface area contributed by atoms with Crippen LogP contribution in [0.5, 0.6) is 0 Å². The Labute approximate surface area is 339 Å². The molecule has 2 heterocycles. The first-order chi connectivity index (χ1) is 27.4. The Morgan fingerprint density at radius 2 is 1.69 bits per heavy atom. The predicted molar refractivity (Wildman–Crippen MR) is 204 cm³/mol. The van der Waals surface area contributed by atoms with Crippen LogP contribution in [0.25, 0.3) is 0 Å². The second-order valence-corrected chi connectivity index (χ2v) is 18.0. The average Bonchev–Trinajstić information content (AvgIpc) is 3.49. The number of carbonyl (C=O) groups is 2. The lowest BCUT2D eigenvalue weighted by Crippen LogP contribution is -2.75. The molecule has 7 rings (SSSR count). The highest BCUT2D eigenvalue weighted by Crippen LogP contribution is 2.70. The maximum Gasteiger partial charge on any atom is 0.338 e. The summed E-state index contributed by atoms with van der Waals surface area (Å²) in [6.45, 7) is 8.36. The fourth-order valence-corrected chi connectivity index (χ4v) is 11.9. The molecule has 15 nitrogen and oxygen atoms in total. The molecule has 0 spiro atoms. The monoisotopic (exact) mass is 818 g/mol. The number of carbonyl (C=O) groups excluding carboxylic acids is 2. The molecule has 324 valence electrons. The van der Waals surface area contributed by atoms with Gasteiger partial charge in [0.1, 0.15) is 53.9 Å². The molecule has 0 amide bonds. The van der Waals surface area contributed by atoms with Crippen LogP contribution in [0.3, 0.4) is 0 Å². The molecule has 1 aromatic rings. The van der Waals surface area contributed by atoms with Gasteiger partial charge in [0.2, 0.25) is 0 Å². The molecule has 1 aromatic carbocycles. The fraction of sp³-hybridized carbons (Fsp3) is 0.767. The van der Waals surface area contributed by atoms with Gasteiger partial charge in [-0.1, -0.05) is 43.7 Å². The van der Waals surface area contributed by atoms with Crippen LogP contribution >= 0.6 is 0 Å². The summed E-state index contributed by atoms with van der Waals surface area (Å²) in [4.78, 5) is 25.9. The number of rotatable bonds is 10. The third kappa shape index (κ3) is 7.15. The van der Waals surface area contributed by atoms with E-state index in [1.807, 2.05) is 13.0 Å². The highest BCUT2D eigenvalue weighted by Gasteiger charge is 2.77. The van der Waals surface area contributed by atoms with E-state index in [0.29, 0.717) is 37.7 Å². The lowest BCUT2D eigenvalue weighted by molar-refractivity contribution is -0.345. The van der Waals surface area contributed by atoms with Crippen molar-refractivity contribution in [1.29, 1.82) is 0 Å².